The number of fused-ring (bicyclic) bond motifs is 6. The van der Waals surface area contributed by atoms with Crippen LogP contribution in [0.25, 0.3) is 55.6 Å². The first kappa shape index (κ1) is 37.9. The van der Waals surface area contributed by atoms with Crippen molar-refractivity contribution >= 4 is 61.5 Å². The Morgan fingerprint density at radius 2 is 1.00 bits per heavy atom. The van der Waals surface area contributed by atoms with Crippen molar-refractivity contribution in [3.63, 3.8) is 0 Å². The van der Waals surface area contributed by atoms with Gasteiger partial charge in [-0.3, -0.25) is 0 Å². The average Bonchev–Trinajstić information content (AvgIpc) is 3.88. The van der Waals surface area contributed by atoms with Crippen LogP contribution < -0.4 is 9.80 Å². The van der Waals surface area contributed by atoms with E-state index in [-0.39, 0.29) is 12.1 Å². The van der Waals surface area contributed by atoms with Crippen LogP contribution in [0.4, 0.5) is 22.7 Å². The first-order valence-corrected chi connectivity index (χ1v) is 22.7. The fraction of sp³-hybridized carbons (Fsp3) is 0.100. The van der Waals surface area contributed by atoms with Gasteiger partial charge in [-0.2, -0.15) is 0 Å². The summed E-state index contributed by atoms with van der Waals surface area (Å²) in [6.07, 6.45) is 25.5. The Bertz CT molecular complexity index is 3310. The van der Waals surface area contributed by atoms with Gasteiger partial charge in [-0.25, -0.2) is 0 Å². The summed E-state index contributed by atoms with van der Waals surface area (Å²) in [6, 6.07) is 65.4. The third kappa shape index (κ3) is 6.62. The van der Waals surface area contributed by atoms with Gasteiger partial charge in [-0.05, 0) is 121 Å². The SMILES string of the molecule is C1=CCC(N(c2ccc(-c3ccc(N(c4ccccc4)C4C=Cc5c(c6ccccc6n5-c5ccccc5)C4)cc3)cc2)c2ccc3c(c2)c2ccccc2n3C2C=CC=CC2)C=C1. The second-order valence-electron chi connectivity index (χ2n) is 17.2. The molecule has 64 heavy (non-hydrogen) atoms. The van der Waals surface area contributed by atoms with E-state index in [1.54, 1.807) is 0 Å². The van der Waals surface area contributed by atoms with Crippen molar-refractivity contribution in [1.29, 1.82) is 0 Å². The van der Waals surface area contributed by atoms with E-state index < -0.39 is 0 Å². The molecule has 0 spiro atoms. The number of anilines is 4. The Hall–Kier alpha value is -7.82. The molecule has 0 fully saturated rings. The lowest BCUT2D eigenvalue weighted by molar-refractivity contribution is 0.648. The zero-order valence-electron chi connectivity index (χ0n) is 35.7. The summed E-state index contributed by atoms with van der Waals surface area (Å²) in [5, 5.41) is 3.90. The lowest BCUT2D eigenvalue weighted by Crippen LogP contribution is -2.33. The van der Waals surface area contributed by atoms with Crippen molar-refractivity contribution in [3.05, 3.63) is 242 Å². The normalized spacial score (nSPS) is 17.7. The molecule has 0 radical (unpaired) electrons. The van der Waals surface area contributed by atoms with Crippen LogP contribution >= 0.6 is 0 Å². The summed E-state index contributed by atoms with van der Waals surface area (Å²) in [5.41, 5.74) is 14.8. The predicted molar refractivity (Wildman–Crippen MR) is 270 cm³/mol. The molecule has 3 aliphatic rings. The highest BCUT2D eigenvalue weighted by molar-refractivity contribution is 6.09. The number of rotatable bonds is 9. The standard InChI is InChI=1S/C60H48N4/c1-5-17-45(18-6-1)61(51-37-39-59-55(41-51)53-25-13-15-27-57(53)63(59)47-21-9-3-10-22-47)49-33-29-43(30-34-49)44-31-35-50(36-32-44)62(46-19-7-2-8-20-46)52-38-40-60-56(42-52)54-26-14-16-28-58(54)64(60)48-23-11-4-12-24-48/h1-19,21-23,25-40,42,46,48,51H,20,24,41H2. The molecule has 0 amide bonds. The number of benzene rings is 7. The molecule has 12 rings (SSSR count). The van der Waals surface area contributed by atoms with E-state index in [1.807, 2.05) is 0 Å². The molecular formula is C60H48N4. The van der Waals surface area contributed by atoms with Gasteiger partial charge in [-0.15, -0.1) is 0 Å². The Balaban J connectivity index is 0.866. The van der Waals surface area contributed by atoms with Gasteiger partial charge in [-0.1, -0.05) is 152 Å². The van der Waals surface area contributed by atoms with Gasteiger partial charge in [0.2, 0.25) is 0 Å². The molecule has 308 valence electrons. The van der Waals surface area contributed by atoms with Crippen molar-refractivity contribution in [2.75, 3.05) is 9.80 Å². The van der Waals surface area contributed by atoms with E-state index in [4.69, 9.17) is 0 Å². The first-order chi connectivity index (χ1) is 31.8. The summed E-state index contributed by atoms with van der Waals surface area (Å²) in [7, 11) is 0. The molecule has 0 aliphatic heterocycles. The number of para-hydroxylation sites is 4. The third-order valence-electron chi connectivity index (χ3n) is 13.5. The maximum Gasteiger partial charge on any atom is 0.0567 e. The molecule has 2 heterocycles. The quantitative estimate of drug-likeness (QED) is 0.144. The summed E-state index contributed by atoms with van der Waals surface area (Å²) < 4.78 is 4.94. The van der Waals surface area contributed by atoms with Crippen molar-refractivity contribution in [2.45, 2.75) is 37.4 Å². The lowest BCUT2D eigenvalue weighted by Gasteiger charge is -2.34. The fourth-order valence-corrected chi connectivity index (χ4v) is 10.5. The van der Waals surface area contributed by atoms with Crippen LogP contribution in [0.5, 0.6) is 0 Å². The molecule has 2 aromatic heterocycles. The molecule has 3 atom stereocenters. The van der Waals surface area contributed by atoms with Gasteiger partial charge < -0.3 is 18.9 Å². The van der Waals surface area contributed by atoms with Gasteiger partial charge in [0.1, 0.15) is 0 Å². The Kier molecular flexibility index (Phi) is 9.56. The topological polar surface area (TPSA) is 16.3 Å². The van der Waals surface area contributed by atoms with Gasteiger partial charge in [0.25, 0.3) is 0 Å². The molecule has 0 saturated carbocycles. The summed E-state index contributed by atoms with van der Waals surface area (Å²) in [4.78, 5) is 5.02. The maximum absolute atomic E-state index is 2.52. The van der Waals surface area contributed by atoms with Crippen LogP contribution in [-0.4, -0.2) is 21.2 Å². The van der Waals surface area contributed by atoms with Crippen molar-refractivity contribution in [3.8, 4) is 16.8 Å². The second kappa shape index (κ2) is 16.1. The largest absolute Gasteiger partial charge is 0.334 e. The van der Waals surface area contributed by atoms with E-state index in [1.165, 1.54) is 83.5 Å². The molecule has 0 bridgehead atoms. The van der Waals surface area contributed by atoms with Crippen LogP contribution in [0.3, 0.4) is 0 Å². The predicted octanol–water partition coefficient (Wildman–Crippen LogP) is 15.3. The van der Waals surface area contributed by atoms with Gasteiger partial charge >= 0.3 is 0 Å². The smallest absolute Gasteiger partial charge is 0.0567 e. The molecule has 4 nitrogen and oxygen atoms in total. The monoisotopic (exact) mass is 824 g/mol. The first-order valence-electron chi connectivity index (χ1n) is 22.7. The van der Waals surface area contributed by atoms with E-state index >= 15 is 0 Å². The molecule has 9 aromatic rings. The third-order valence-corrected chi connectivity index (χ3v) is 13.5. The van der Waals surface area contributed by atoms with Crippen LogP contribution in [0, 0.1) is 0 Å². The Morgan fingerprint density at radius 1 is 0.422 bits per heavy atom. The summed E-state index contributed by atoms with van der Waals surface area (Å²) in [6.45, 7) is 0. The van der Waals surface area contributed by atoms with Crippen LogP contribution in [0.2, 0.25) is 0 Å². The zero-order chi connectivity index (χ0) is 42.4. The Labute approximate surface area is 374 Å². The van der Waals surface area contributed by atoms with Crippen molar-refractivity contribution < 1.29 is 0 Å². The number of hydrogen-bond donors (Lipinski definition) is 0. The van der Waals surface area contributed by atoms with E-state index in [9.17, 15) is 0 Å². The zero-order valence-corrected chi connectivity index (χ0v) is 35.7. The van der Waals surface area contributed by atoms with E-state index in [0.29, 0.717) is 6.04 Å². The molecule has 7 aromatic carbocycles. The molecule has 4 heteroatoms. The minimum atomic E-state index is 0.141. The number of aromatic nitrogens is 2. The minimum absolute atomic E-state index is 0.141. The van der Waals surface area contributed by atoms with Crippen LogP contribution in [0.15, 0.2) is 231 Å². The summed E-state index contributed by atoms with van der Waals surface area (Å²) >= 11 is 0. The molecule has 3 aliphatic carbocycles. The average molecular weight is 825 g/mol. The highest BCUT2D eigenvalue weighted by Crippen LogP contribution is 2.42. The van der Waals surface area contributed by atoms with Gasteiger partial charge in [0.15, 0.2) is 0 Å². The van der Waals surface area contributed by atoms with Crippen LogP contribution in [0.1, 0.15) is 30.1 Å². The van der Waals surface area contributed by atoms with E-state index in [2.05, 4.69) is 256 Å². The van der Waals surface area contributed by atoms with Crippen molar-refractivity contribution in [1.82, 2.24) is 9.13 Å². The summed E-state index contributed by atoms with van der Waals surface area (Å²) in [5.74, 6) is 0. The number of hydrogen-bond acceptors (Lipinski definition) is 2. The highest BCUT2D eigenvalue weighted by Gasteiger charge is 2.28. The molecule has 0 N–H and O–H groups in total. The number of allylic oxidation sites excluding steroid dienone is 6. The number of nitrogens with zero attached hydrogens (tertiary/aromatic N) is 4. The second-order valence-corrected chi connectivity index (χ2v) is 17.2. The molecule has 3 unspecified atom stereocenters. The fourth-order valence-electron chi connectivity index (χ4n) is 10.5. The maximum atomic E-state index is 2.52. The lowest BCUT2D eigenvalue weighted by atomic mass is 9.94. The van der Waals surface area contributed by atoms with Crippen molar-refractivity contribution in [2.24, 2.45) is 0 Å². The molecule has 0 saturated heterocycles. The van der Waals surface area contributed by atoms with E-state index in [0.717, 1.165) is 19.3 Å². The van der Waals surface area contributed by atoms with Crippen LogP contribution in [-0.2, 0) is 6.42 Å². The van der Waals surface area contributed by atoms with Gasteiger partial charge in [0, 0.05) is 61.3 Å². The van der Waals surface area contributed by atoms with Gasteiger partial charge in [0.05, 0.1) is 23.6 Å². The minimum Gasteiger partial charge on any atom is -0.334 e. The Morgan fingerprint density at radius 3 is 1.69 bits per heavy atom. The molecular weight excluding hydrogens is 777 g/mol. The highest BCUT2D eigenvalue weighted by atomic mass is 15.2.